The van der Waals surface area contributed by atoms with Crippen LogP contribution in [0.3, 0.4) is 0 Å². The molecule has 22 heavy (non-hydrogen) atoms. The first kappa shape index (κ1) is 15.8. The SMILES string of the molecule is CC(NC(=O)CCCCC(=O)O)C12CC3CC(CC(C3)C1)C2. The summed E-state index contributed by atoms with van der Waals surface area (Å²) in [6, 6.07) is 0.271. The van der Waals surface area contributed by atoms with Gasteiger partial charge in [-0.2, -0.15) is 0 Å². The van der Waals surface area contributed by atoms with Crippen LogP contribution in [0.5, 0.6) is 0 Å². The number of carbonyl (C=O) groups is 2. The third-order valence-electron chi connectivity index (χ3n) is 6.43. The molecule has 0 saturated heterocycles. The van der Waals surface area contributed by atoms with Gasteiger partial charge < -0.3 is 10.4 Å². The van der Waals surface area contributed by atoms with Crippen LogP contribution < -0.4 is 5.32 Å². The Morgan fingerprint density at radius 1 is 1.05 bits per heavy atom. The van der Waals surface area contributed by atoms with Gasteiger partial charge in [0, 0.05) is 18.9 Å². The summed E-state index contributed by atoms with van der Waals surface area (Å²) in [6.07, 6.45) is 10.1. The summed E-state index contributed by atoms with van der Waals surface area (Å²) in [5, 5.41) is 11.9. The van der Waals surface area contributed by atoms with Crippen LogP contribution in [0, 0.1) is 23.2 Å². The molecule has 1 unspecified atom stereocenters. The quantitative estimate of drug-likeness (QED) is 0.709. The van der Waals surface area contributed by atoms with E-state index in [1.54, 1.807) is 0 Å². The number of unbranched alkanes of at least 4 members (excludes halogenated alkanes) is 1. The molecule has 4 saturated carbocycles. The normalized spacial score (nSPS) is 37.0. The summed E-state index contributed by atoms with van der Waals surface area (Å²) >= 11 is 0. The fourth-order valence-corrected chi connectivity index (χ4v) is 5.74. The zero-order valence-corrected chi connectivity index (χ0v) is 13.6. The molecule has 4 bridgehead atoms. The number of carboxylic acids is 1. The largest absolute Gasteiger partial charge is 0.481 e. The summed E-state index contributed by atoms with van der Waals surface area (Å²) in [5.41, 5.74) is 0.353. The molecule has 0 heterocycles. The van der Waals surface area contributed by atoms with Crippen molar-refractivity contribution in [3.05, 3.63) is 0 Å². The third kappa shape index (κ3) is 3.31. The molecule has 4 heteroatoms. The lowest BCUT2D eigenvalue weighted by atomic mass is 9.48. The predicted molar refractivity (Wildman–Crippen MR) is 84.3 cm³/mol. The maximum Gasteiger partial charge on any atom is 0.303 e. The Labute approximate surface area is 133 Å². The number of carbonyl (C=O) groups excluding carboxylic acids is 1. The zero-order valence-electron chi connectivity index (χ0n) is 13.6. The molecule has 4 nitrogen and oxygen atoms in total. The van der Waals surface area contributed by atoms with Crippen LogP contribution in [-0.2, 0) is 9.59 Å². The van der Waals surface area contributed by atoms with Crippen molar-refractivity contribution < 1.29 is 14.7 Å². The van der Waals surface area contributed by atoms with Crippen molar-refractivity contribution in [1.82, 2.24) is 5.32 Å². The second kappa shape index (κ2) is 6.21. The van der Waals surface area contributed by atoms with E-state index in [1.807, 2.05) is 0 Å². The first-order valence-corrected chi connectivity index (χ1v) is 8.98. The fraction of sp³-hybridized carbons (Fsp3) is 0.889. The summed E-state index contributed by atoms with van der Waals surface area (Å²) in [6.45, 7) is 2.20. The maximum atomic E-state index is 12.1. The van der Waals surface area contributed by atoms with E-state index in [2.05, 4.69) is 12.2 Å². The van der Waals surface area contributed by atoms with Crippen LogP contribution in [0.25, 0.3) is 0 Å². The van der Waals surface area contributed by atoms with Crippen LogP contribution in [-0.4, -0.2) is 23.0 Å². The minimum absolute atomic E-state index is 0.105. The van der Waals surface area contributed by atoms with E-state index in [-0.39, 0.29) is 18.4 Å². The second-order valence-corrected chi connectivity index (χ2v) is 8.17. The van der Waals surface area contributed by atoms with Gasteiger partial charge in [0.05, 0.1) is 0 Å². The van der Waals surface area contributed by atoms with Gasteiger partial charge in [-0.05, 0) is 81.5 Å². The van der Waals surface area contributed by atoms with Crippen LogP contribution in [0.4, 0.5) is 0 Å². The Hall–Kier alpha value is -1.06. The molecule has 4 fully saturated rings. The van der Waals surface area contributed by atoms with Gasteiger partial charge in [0.15, 0.2) is 0 Å². The van der Waals surface area contributed by atoms with Crippen molar-refractivity contribution in [2.45, 2.75) is 77.2 Å². The van der Waals surface area contributed by atoms with Gasteiger partial charge >= 0.3 is 5.97 Å². The molecule has 1 atom stereocenters. The van der Waals surface area contributed by atoms with Crippen molar-refractivity contribution in [1.29, 1.82) is 0 Å². The van der Waals surface area contributed by atoms with Gasteiger partial charge in [-0.15, -0.1) is 0 Å². The molecular formula is C18H29NO3. The molecule has 0 radical (unpaired) electrons. The monoisotopic (exact) mass is 307 g/mol. The summed E-state index contributed by atoms with van der Waals surface area (Å²) < 4.78 is 0. The van der Waals surface area contributed by atoms with Crippen LogP contribution >= 0.6 is 0 Å². The first-order valence-electron chi connectivity index (χ1n) is 8.98. The number of hydrogen-bond acceptors (Lipinski definition) is 2. The summed E-state index contributed by atoms with van der Waals surface area (Å²) in [5.74, 6) is 2.04. The van der Waals surface area contributed by atoms with Gasteiger partial charge in [-0.1, -0.05) is 0 Å². The van der Waals surface area contributed by atoms with E-state index in [1.165, 1.54) is 38.5 Å². The van der Waals surface area contributed by atoms with Crippen molar-refractivity contribution in [2.24, 2.45) is 23.2 Å². The van der Waals surface area contributed by atoms with E-state index in [0.717, 1.165) is 17.8 Å². The van der Waals surface area contributed by atoms with Crippen molar-refractivity contribution >= 4 is 11.9 Å². The van der Waals surface area contributed by atoms with E-state index in [0.29, 0.717) is 24.7 Å². The zero-order chi connectivity index (χ0) is 15.7. The maximum absolute atomic E-state index is 12.1. The number of aliphatic carboxylic acids is 1. The van der Waals surface area contributed by atoms with Gasteiger partial charge in [0.25, 0.3) is 0 Å². The minimum atomic E-state index is -0.776. The summed E-state index contributed by atoms with van der Waals surface area (Å²) in [7, 11) is 0. The molecule has 0 aromatic carbocycles. The Bertz CT molecular complexity index is 410. The average molecular weight is 307 g/mol. The molecule has 2 N–H and O–H groups in total. The smallest absolute Gasteiger partial charge is 0.303 e. The molecule has 1 amide bonds. The highest BCUT2D eigenvalue weighted by molar-refractivity contribution is 5.76. The lowest BCUT2D eigenvalue weighted by Gasteiger charge is -2.59. The Morgan fingerprint density at radius 3 is 2.05 bits per heavy atom. The average Bonchev–Trinajstić information content (AvgIpc) is 2.42. The molecule has 4 aliphatic carbocycles. The van der Waals surface area contributed by atoms with Gasteiger partial charge in [0.1, 0.15) is 0 Å². The molecule has 4 aliphatic rings. The van der Waals surface area contributed by atoms with E-state index in [9.17, 15) is 9.59 Å². The molecule has 124 valence electrons. The van der Waals surface area contributed by atoms with Gasteiger partial charge in [0.2, 0.25) is 5.91 Å². The molecule has 4 rings (SSSR count). The topological polar surface area (TPSA) is 66.4 Å². The standard InChI is InChI=1S/C18H29NO3/c1-12(19-16(20)4-2-3-5-17(21)22)18-9-13-6-14(10-18)8-15(7-13)11-18/h12-15H,2-11H2,1H3,(H,19,20)(H,21,22). The number of nitrogens with one attached hydrogen (secondary N) is 1. The second-order valence-electron chi connectivity index (χ2n) is 8.17. The van der Waals surface area contributed by atoms with Crippen LogP contribution in [0.15, 0.2) is 0 Å². The predicted octanol–water partition coefficient (Wildman–Crippen LogP) is 3.35. The highest BCUT2D eigenvalue weighted by Crippen LogP contribution is 2.61. The van der Waals surface area contributed by atoms with Crippen molar-refractivity contribution in [3.8, 4) is 0 Å². The third-order valence-corrected chi connectivity index (χ3v) is 6.43. The molecule has 0 aromatic rings. The molecule has 0 aliphatic heterocycles. The van der Waals surface area contributed by atoms with Crippen LogP contribution in [0.1, 0.15) is 71.1 Å². The van der Waals surface area contributed by atoms with Crippen molar-refractivity contribution in [3.63, 3.8) is 0 Å². The lowest BCUT2D eigenvalue weighted by molar-refractivity contribution is -0.137. The highest BCUT2D eigenvalue weighted by Gasteiger charge is 2.53. The highest BCUT2D eigenvalue weighted by atomic mass is 16.4. The summed E-state index contributed by atoms with van der Waals surface area (Å²) in [4.78, 5) is 22.6. The Morgan fingerprint density at radius 2 is 1.55 bits per heavy atom. The first-order chi connectivity index (χ1) is 10.5. The number of hydrogen-bond donors (Lipinski definition) is 2. The van der Waals surface area contributed by atoms with E-state index in [4.69, 9.17) is 5.11 Å². The molecular weight excluding hydrogens is 278 g/mol. The van der Waals surface area contributed by atoms with E-state index >= 15 is 0 Å². The Kier molecular flexibility index (Phi) is 4.47. The molecule has 0 spiro atoms. The number of amides is 1. The fourth-order valence-electron chi connectivity index (χ4n) is 5.74. The molecule has 0 aromatic heterocycles. The van der Waals surface area contributed by atoms with Gasteiger partial charge in [-0.25, -0.2) is 0 Å². The van der Waals surface area contributed by atoms with Crippen molar-refractivity contribution in [2.75, 3.05) is 0 Å². The lowest BCUT2D eigenvalue weighted by Crippen LogP contribution is -2.55. The number of carboxylic acid groups (broad SMARTS) is 1. The number of rotatable bonds is 7. The van der Waals surface area contributed by atoms with E-state index < -0.39 is 5.97 Å². The minimum Gasteiger partial charge on any atom is -0.481 e. The van der Waals surface area contributed by atoms with Crippen LogP contribution in [0.2, 0.25) is 0 Å². The van der Waals surface area contributed by atoms with Gasteiger partial charge in [-0.3, -0.25) is 9.59 Å². The Balaban J connectivity index is 1.48.